The number of carbonyl (C=O) groups is 1. The van der Waals surface area contributed by atoms with Crippen molar-refractivity contribution in [2.75, 3.05) is 5.32 Å². The van der Waals surface area contributed by atoms with Gasteiger partial charge in [0.15, 0.2) is 11.6 Å². The number of pyridine rings is 1. The van der Waals surface area contributed by atoms with Crippen molar-refractivity contribution in [3.63, 3.8) is 0 Å². The molecule has 1 heterocycles. The van der Waals surface area contributed by atoms with E-state index in [2.05, 4.69) is 10.3 Å². The zero-order valence-electron chi connectivity index (χ0n) is 9.95. The summed E-state index contributed by atoms with van der Waals surface area (Å²) in [5.41, 5.74) is -0.610. The van der Waals surface area contributed by atoms with Gasteiger partial charge in [-0.15, -0.1) is 0 Å². The first kappa shape index (κ1) is 13.4. The predicted molar refractivity (Wildman–Crippen MR) is 60.0 cm³/mol. The van der Waals surface area contributed by atoms with Gasteiger partial charge in [0, 0.05) is 11.8 Å². The van der Waals surface area contributed by atoms with Crippen molar-refractivity contribution in [2.24, 2.45) is 0 Å². The maximum absolute atomic E-state index is 13.6. The Balaban J connectivity index is 2.79. The number of aromatic nitrogens is 1. The van der Waals surface area contributed by atoms with Crippen LogP contribution in [-0.2, 0) is 11.3 Å². The molecule has 17 heavy (non-hydrogen) atoms. The molecular formula is C11H15FN2O3. The minimum Gasteiger partial charge on any atom is -0.444 e. The lowest BCUT2D eigenvalue weighted by Crippen LogP contribution is -2.27. The van der Waals surface area contributed by atoms with Crippen LogP contribution in [0.1, 0.15) is 26.3 Å². The largest absolute Gasteiger partial charge is 0.444 e. The van der Waals surface area contributed by atoms with Crippen molar-refractivity contribution < 1.29 is 19.0 Å². The second-order valence-corrected chi connectivity index (χ2v) is 4.42. The maximum atomic E-state index is 13.6. The van der Waals surface area contributed by atoms with Crippen molar-refractivity contribution in [2.45, 2.75) is 33.0 Å². The van der Waals surface area contributed by atoms with Crippen LogP contribution < -0.4 is 5.32 Å². The molecule has 0 bridgehead atoms. The lowest BCUT2D eigenvalue weighted by molar-refractivity contribution is 0.0634. The number of hydrogen-bond donors (Lipinski definition) is 2. The number of nitrogens with one attached hydrogen (secondary N) is 1. The molecule has 5 nitrogen and oxygen atoms in total. The lowest BCUT2D eigenvalue weighted by atomic mass is 10.2. The minimum atomic E-state index is -0.793. The first-order valence-corrected chi connectivity index (χ1v) is 5.07. The minimum absolute atomic E-state index is 0.0612. The number of carbonyl (C=O) groups excluding carboxylic acids is 1. The average molecular weight is 242 g/mol. The molecule has 1 aromatic rings. The van der Waals surface area contributed by atoms with Gasteiger partial charge in [-0.1, -0.05) is 0 Å². The van der Waals surface area contributed by atoms with Gasteiger partial charge >= 0.3 is 6.09 Å². The van der Waals surface area contributed by atoms with Crippen LogP contribution in [0.4, 0.5) is 15.0 Å². The quantitative estimate of drug-likeness (QED) is 0.832. The van der Waals surface area contributed by atoms with Gasteiger partial charge in [-0.3, -0.25) is 5.32 Å². The number of halogens is 1. The highest BCUT2D eigenvalue weighted by Gasteiger charge is 2.18. The molecule has 0 radical (unpaired) electrons. The molecule has 0 aliphatic carbocycles. The van der Waals surface area contributed by atoms with E-state index in [-0.39, 0.29) is 11.4 Å². The molecule has 0 saturated carbocycles. The number of nitrogens with zero attached hydrogens (tertiary/aromatic N) is 1. The van der Waals surface area contributed by atoms with Crippen molar-refractivity contribution in [3.8, 4) is 0 Å². The maximum Gasteiger partial charge on any atom is 0.413 e. The van der Waals surface area contributed by atoms with Gasteiger partial charge in [-0.2, -0.15) is 0 Å². The molecule has 0 atom stereocenters. The second kappa shape index (κ2) is 5.09. The summed E-state index contributed by atoms with van der Waals surface area (Å²) in [6.07, 6.45) is 0.500. The van der Waals surface area contributed by atoms with E-state index in [1.807, 2.05) is 0 Å². The molecule has 1 aromatic heterocycles. The average Bonchev–Trinajstić information content (AvgIpc) is 2.18. The number of anilines is 1. The highest BCUT2D eigenvalue weighted by Crippen LogP contribution is 2.16. The fraction of sp³-hybridized carbons (Fsp3) is 0.455. The Morgan fingerprint density at radius 2 is 2.24 bits per heavy atom. The van der Waals surface area contributed by atoms with E-state index in [0.717, 1.165) is 0 Å². The Morgan fingerprint density at radius 3 is 2.76 bits per heavy atom. The summed E-state index contributed by atoms with van der Waals surface area (Å²) in [6.45, 7) is 4.62. The van der Waals surface area contributed by atoms with Crippen LogP contribution in [0.25, 0.3) is 0 Å². The van der Waals surface area contributed by atoms with Crippen molar-refractivity contribution in [3.05, 3.63) is 23.6 Å². The number of ether oxygens (including phenoxy) is 1. The Labute approximate surface area is 98.6 Å². The van der Waals surface area contributed by atoms with E-state index < -0.39 is 24.1 Å². The normalized spacial score (nSPS) is 11.1. The summed E-state index contributed by atoms with van der Waals surface area (Å²) >= 11 is 0. The van der Waals surface area contributed by atoms with Crippen LogP contribution in [-0.4, -0.2) is 21.8 Å². The standard InChI is InChI=1S/C11H15FN2O3/c1-11(2,3)17-10(16)14-9-8(12)7(6-15)4-5-13-9/h4-5,15H,6H2,1-3H3,(H,13,14,16). The molecule has 94 valence electrons. The van der Waals surface area contributed by atoms with E-state index >= 15 is 0 Å². The van der Waals surface area contributed by atoms with Crippen LogP contribution in [0, 0.1) is 5.82 Å². The van der Waals surface area contributed by atoms with Gasteiger partial charge in [0.2, 0.25) is 0 Å². The summed E-state index contributed by atoms with van der Waals surface area (Å²) in [6, 6.07) is 1.33. The SMILES string of the molecule is CC(C)(C)OC(=O)Nc1nccc(CO)c1F. The van der Waals surface area contributed by atoms with Gasteiger partial charge in [-0.05, 0) is 26.8 Å². The highest BCUT2D eigenvalue weighted by atomic mass is 19.1. The summed E-state index contributed by atoms with van der Waals surface area (Å²) < 4.78 is 18.5. The molecule has 0 spiro atoms. The van der Waals surface area contributed by atoms with Crippen molar-refractivity contribution in [1.82, 2.24) is 4.98 Å². The van der Waals surface area contributed by atoms with Gasteiger partial charge in [0.05, 0.1) is 6.61 Å². The Hall–Kier alpha value is -1.69. The van der Waals surface area contributed by atoms with E-state index in [1.54, 1.807) is 20.8 Å². The monoisotopic (exact) mass is 242 g/mol. The zero-order chi connectivity index (χ0) is 13.1. The second-order valence-electron chi connectivity index (χ2n) is 4.42. The van der Waals surface area contributed by atoms with Crippen LogP contribution in [0.15, 0.2) is 12.3 Å². The molecule has 0 aromatic carbocycles. The number of amides is 1. The fourth-order valence-corrected chi connectivity index (χ4v) is 1.09. The molecule has 0 aliphatic heterocycles. The topological polar surface area (TPSA) is 71.5 Å². The molecular weight excluding hydrogens is 227 g/mol. The predicted octanol–water partition coefficient (Wildman–Crippen LogP) is 2.06. The summed E-state index contributed by atoms with van der Waals surface area (Å²) in [5, 5.41) is 11.0. The fourth-order valence-electron chi connectivity index (χ4n) is 1.09. The third-order valence-electron chi connectivity index (χ3n) is 1.76. The van der Waals surface area contributed by atoms with Gasteiger partial charge in [-0.25, -0.2) is 14.2 Å². The number of aliphatic hydroxyl groups is 1. The Bertz CT molecular complexity index is 416. The molecule has 2 N–H and O–H groups in total. The highest BCUT2D eigenvalue weighted by molar-refractivity contribution is 5.83. The smallest absolute Gasteiger partial charge is 0.413 e. The number of hydrogen-bond acceptors (Lipinski definition) is 4. The number of rotatable bonds is 2. The van der Waals surface area contributed by atoms with Crippen molar-refractivity contribution >= 4 is 11.9 Å². The Morgan fingerprint density at radius 1 is 1.59 bits per heavy atom. The molecule has 0 fully saturated rings. The lowest BCUT2D eigenvalue weighted by Gasteiger charge is -2.19. The van der Waals surface area contributed by atoms with E-state index in [4.69, 9.17) is 9.84 Å². The molecule has 1 amide bonds. The van der Waals surface area contributed by atoms with Gasteiger partial charge < -0.3 is 9.84 Å². The molecule has 0 aliphatic rings. The molecule has 1 rings (SSSR count). The summed E-state index contributed by atoms with van der Waals surface area (Å²) in [5.74, 6) is -1.02. The summed E-state index contributed by atoms with van der Waals surface area (Å²) in [4.78, 5) is 15.0. The third-order valence-corrected chi connectivity index (χ3v) is 1.76. The molecule has 6 heteroatoms. The number of aliphatic hydroxyl groups excluding tert-OH is 1. The van der Waals surface area contributed by atoms with Gasteiger partial charge in [0.25, 0.3) is 0 Å². The van der Waals surface area contributed by atoms with Gasteiger partial charge in [0.1, 0.15) is 5.60 Å². The van der Waals surface area contributed by atoms with E-state index in [0.29, 0.717) is 0 Å². The first-order valence-electron chi connectivity index (χ1n) is 5.07. The zero-order valence-corrected chi connectivity index (χ0v) is 9.95. The first-order chi connectivity index (χ1) is 7.83. The third kappa shape index (κ3) is 3.99. The van der Waals surface area contributed by atoms with E-state index in [9.17, 15) is 9.18 Å². The molecule has 0 saturated heterocycles. The van der Waals surface area contributed by atoms with Crippen molar-refractivity contribution in [1.29, 1.82) is 0 Å². The molecule has 0 unspecified atom stereocenters. The van der Waals surface area contributed by atoms with Crippen LogP contribution in [0.2, 0.25) is 0 Å². The van der Waals surface area contributed by atoms with Crippen LogP contribution >= 0.6 is 0 Å². The van der Waals surface area contributed by atoms with Crippen LogP contribution in [0.5, 0.6) is 0 Å². The Kier molecular flexibility index (Phi) is 4.01. The summed E-state index contributed by atoms with van der Waals surface area (Å²) in [7, 11) is 0. The van der Waals surface area contributed by atoms with Crippen LogP contribution in [0.3, 0.4) is 0 Å². The van der Waals surface area contributed by atoms with E-state index in [1.165, 1.54) is 12.3 Å².